The predicted octanol–water partition coefficient (Wildman–Crippen LogP) is -0.788. The van der Waals surface area contributed by atoms with Gasteiger partial charge in [0, 0.05) is 0 Å². The van der Waals surface area contributed by atoms with Gasteiger partial charge in [0.2, 0.25) is 15.8 Å². The minimum atomic E-state index is -4.10. The minimum Gasteiger partial charge on any atom is -0.478 e. The number of nitrogens with zero attached hydrogens (tertiary/aromatic N) is 3. The molecule has 2 aromatic rings. The second kappa shape index (κ2) is 4.16. The first kappa shape index (κ1) is 12.1. The first-order valence-electron chi connectivity index (χ1n) is 4.54. The van der Waals surface area contributed by atoms with E-state index in [1.165, 1.54) is 18.2 Å². The van der Waals surface area contributed by atoms with Gasteiger partial charge in [-0.25, -0.2) is 18.4 Å². The first-order chi connectivity index (χ1) is 8.41. The van der Waals surface area contributed by atoms with E-state index in [1.54, 1.807) is 0 Å². The SMILES string of the molecule is NS(=O)(=O)c1cccc(C(=O)O)c1-c1nn[nH]n1. The summed E-state index contributed by atoms with van der Waals surface area (Å²) in [5, 5.41) is 26.6. The number of H-pyrrole nitrogens is 1. The lowest BCUT2D eigenvalue weighted by Gasteiger charge is -2.07. The summed E-state index contributed by atoms with van der Waals surface area (Å²) in [6.07, 6.45) is 0. The van der Waals surface area contributed by atoms with Crippen molar-refractivity contribution in [3.8, 4) is 11.4 Å². The lowest BCUT2D eigenvalue weighted by molar-refractivity contribution is 0.0697. The van der Waals surface area contributed by atoms with Gasteiger partial charge < -0.3 is 5.11 Å². The van der Waals surface area contributed by atoms with E-state index in [-0.39, 0.29) is 21.8 Å². The van der Waals surface area contributed by atoms with Gasteiger partial charge in [-0.05, 0) is 17.3 Å². The van der Waals surface area contributed by atoms with Crippen LogP contribution in [0.25, 0.3) is 11.4 Å². The van der Waals surface area contributed by atoms with Crippen LogP contribution in [0.4, 0.5) is 0 Å². The molecule has 0 atom stereocenters. The second-order valence-electron chi connectivity index (χ2n) is 3.26. The van der Waals surface area contributed by atoms with E-state index < -0.39 is 16.0 Å². The maximum absolute atomic E-state index is 11.4. The molecule has 1 heterocycles. The maximum Gasteiger partial charge on any atom is 0.336 e. The Morgan fingerprint density at radius 1 is 1.39 bits per heavy atom. The van der Waals surface area contributed by atoms with E-state index in [1.807, 2.05) is 0 Å². The van der Waals surface area contributed by atoms with Crippen molar-refractivity contribution in [3.63, 3.8) is 0 Å². The normalized spacial score (nSPS) is 11.4. The van der Waals surface area contributed by atoms with Crippen molar-refractivity contribution in [2.24, 2.45) is 5.14 Å². The van der Waals surface area contributed by atoms with Crippen LogP contribution in [0.5, 0.6) is 0 Å². The third kappa shape index (κ3) is 2.06. The van der Waals surface area contributed by atoms with E-state index in [0.29, 0.717) is 0 Å². The van der Waals surface area contributed by atoms with Crippen LogP contribution in [-0.4, -0.2) is 40.1 Å². The third-order valence-electron chi connectivity index (χ3n) is 2.13. The van der Waals surface area contributed by atoms with Gasteiger partial charge in [0.1, 0.15) is 0 Å². The van der Waals surface area contributed by atoms with Crippen LogP contribution >= 0.6 is 0 Å². The van der Waals surface area contributed by atoms with E-state index in [4.69, 9.17) is 10.2 Å². The fraction of sp³-hybridized carbons (Fsp3) is 0. The highest BCUT2D eigenvalue weighted by Crippen LogP contribution is 2.27. The summed E-state index contributed by atoms with van der Waals surface area (Å²) < 4.78 is 22.8. The lowest BCUT2D eigenvalue weighted by Crippen LogP contribution is -2.15. The predicted molar refractivity (Wildman–Crippen MR) is 57.9 cm³/mol. The van der Waals surface area contributed by atoms with E-state index in [0.717, 1.165) is 0 Å². The Morgan fingerprint density at radius 3 is 2.61 bits per heavy atom. The fourth-order valence-corrected chi connectivity index (χ4v) is 2.20. The molecule has 0 aliphatic carbocycles. The van der Waals surface area contributed by atoms with Crippen molar-refractivity contribution in [2.75, 3.05) is 0 Å². The van der Waals surface area contributed by atoms with Crippen LogP contribution in [0.2, 0.25) is 0 Å². The Labute approximate surface area is 101 Å². The molecule has 0 saturated carbocycles. The highest BCUT2D eigenvalue weighted by molar-refractivity contribution is 7.89. The second-order valence-corrected chi connectivity index (χ2v) is 4.79. The summed E-state index contributed by atoms with van der Waals surface area (Å²) in [5.41, 5.74) is -0.468. The summed E-state index contributed by atoms with van der Waals surface area (Å²) in [6.45, 7) is 0. The third-order valence-corrected chi connectivity index (χ3v) is 3.09. The van der Waals surface area contributed by atoms with Gasteiger partial charge in [-0.1, -0.05) is 6.07 Å². The number of nitrogens with two attached hydrogens (primary N) is 1. The molecule has 0 spiro atoms. The summed E-state index contributed by atoms with van der Waals surface area (Å²) >= 11 is 0. The first-order valence-corrected chi connectivity index (χ1v) is 6.09. The topological polar surface area (TPSA) is 152 Å². The Balaban J connectivity index is 2.85. The molecule has 2 rings (SSSR count). The zero-order valence-electron chi connectivity index (χ0n) is 8.73. The van der Waals surface area contributed by atoms with E-state index in [2.05, 4.69) is 20.6 Å². The molecule has 0 aliphatic heterocycles. The van der Waals surface area contributed by atoms with Gasteiger partial charge >= 0.3 is 5.97 Å². The van der Waals surface area contributed by atoms with Gasteiger partial charge in [-0.15, -0.1) is 10.2 Å². The molecular weight excluding hydrogens is 262 g/mol. The average Bonchev–Trinajstić information content (AvgIpc) is 2.79. The molecule has 0 aliphatic rings. The van der Waals surface area contributed by atoms with Gasteiger partial charge in [0.15, 0.2) is 0 Å². The maximum atomic E-state index is 11.4. The zero-order chi connectivity index (χ0) is 13.3. The van der Waals surface area contributed by atoms with Crippen LogP contribution in [0, 0.1) is 0 Å². The van der Waals surface area contributed by atoms with E-state index >= 15 is 0 Å². The number of hydrogen-bond donors (Lipinski definition) is 3. The monoisotopic (exact) mass is 269 g/mol. The van der Waals surface area contributed by atoms with Crippen LogP contribution in [-0.2, 0) is 10.0 Å². The molecule has 0 unspecified atom stereocenters. The van der Waals surface area contributed by atoms with Crippen molar-refractivity contribution in [3.05, 3.63) is 23.8 Å². The molecule has 0 fully saturated rings. The summed E-state index contributed by atoms with van der Waals surface area (Å²) in [6, 6.07) is 3.67. The molecule has 1 aromatic heterocycles. The van der Waals surface area contributed by atoms with Crippen molar-refractivity contribution in [2.45, 2.75) is 4.90 Å². The number of carboxylic acid groups (broad SMARTS) is 1. The zero-order valence-corrected chi connectivity index (χ0v) is 9.55. The Bertz CT molecular complexity index is 694. The number of aromatic nitrogens is 4. The molecule has 1 aromatic carbocycles. The van der Waals surface area contributed by atoms with Crippen molar-refractivity contribution in [1.82, 2.24) is 20.6 Å². The van der Waals surface area contributed by atoms with Crippen LogP contribution < -0.4 is 5.14 Å². The number of benzene rings is 1. The summed E-state index contributed by atoms with van der Waals surface area (Å²) in [4.78, 5) is 10.7. The molecule has 10 heteroatoms. The van der Waals surface area contributed by atoms with Gasteiger partial charge in [-0.3, -0.25) is 0 Å². The van der Waals surface area contributed by atoms with E-state index in [9.17, 15) is 13.2 Å². The number of carboxylic acids is 1. The van der Waals surface area contributed by atoms with Crippen molar-refractivity contribution >= 4 is 16.0 Å². The molecule has 4 N–H and O–H groups in total. The number of tetrazole rings is 1. The van der Waals surface area contributed by atoms with Gasteiger partial charge in [0.25, 0.3) is 0 Å². The summed E-state index contributed by atoms with van der Waals surface area (Å²) in [7, 11) is -4.10. The Morgan fingerprint density at radius 2 is 2.11 bits per heavy atom. The van der Waals surface area contributed by atoms with Crippen LogP contribution in [0.3, 0.4) is 0 Å². The molecule has 94 valence electrons. The molecule has 0 bridgehead atoms. The highest BCUT2D eigenvalue weighted by atomic mass is 32.2. The van der Waals surface area contributed by atoms with Crippen molar-refractivity contribution in [1.29, 1.82) is 0 Å². The number of rotatable bonds is 3. The number of nitrogens with one attached hydrogen (secondary N) is 1. The highest BCUT2D eigenvalue weighted by Gasteiger charge is 2.24. The number of hydrogen-bond acceptors (Lipinski definition) is 6. The van der Waals surface area contributed by atoms with Gasteiger partial charge in [-0.2, -0.15) is 5.21 Å². The number of aromatic amines is 1. The quantitative estimate of drug-likeness (QED) is 0.660. The number of aromatic carboxylic acids is 1. The largest absolute Gasteiger partial charge is 0.478 e. The summed E-state index contributed by atoms with van der Waals surface area (Å²) in [5.74, 6) is -1.47. The molecule has 9 nitrogen and oxygen atoms in total. The Kier molecular flexibility index (Phi) is 2.80. The Hall–Kier alpha value is -2.33. The molecule has 0 saturated heterocycles. The standard InChI is InChI=1S/C8H7N5O4S/c9-18(16,17)5-3-1-2-4(8(14)15)6(5)7-10-12-13-11-7/h1-3H,(H,14,15)(H2,9,16,17)(H,10,11,12,13). The smallest absolute Gasteiger partial charge is 0.336 e. The van der Waals surface area contributed by atoms with Crippen molar-refractivity contribution < 1.29 is 18.3 Å². The molecular formula is C8H7N5O4S. The number of primary sulfonamides is 1. The minimum absolute atomic E-state index is 0.156. The lowest BCUT2D eigenvalue weighted by atomic mass is 10.1. The molecule has 0 amide bonds. The molecule has 0 radical (unpaired) electrons. The molecule has 18 heavy (non-hydrogen) atoms. The average molecular weight is 269 g/mol. The number of carbonyl (C=O) groups is 1. The van der Waals surface area contributed by atoms with Crippen LogP contribution in [0.1, 0.15) is 10.4 Å². The van der Waals surface area contributed by atoms with Gasteiger partial charge in [0.05, 0.1) is 16.0 Å². The number of sulfonamides is 1. The fourth-order valence-electron chi connectivity index (χ4n) is 1.44. The van der Waals surface area contributed by atoms with Crippen LogP contribution in [0.15, 0.2) is 23.1 Å².